The molecule has 1 aromatic carbocycles. The fourth-order valence-electron chi connectivity index (χ4n) is 1.69. The number of aromatic nitrogens is 1. The molecule has 2 rings (SSSR count). The van der Waals surface area contributed by atoms with Gasteiger partial charge in [0.1, 0.15) is 5.75 Å². The van der Waals surface area contributed by atoms with E-state index >= 15 is 0 Å². The van der Waals surface area contributed by atoms with Gasteiger partial charge in [-0.1, -0.05) is 28.9 Å². The standard InChI is InChI=1S/C15H17BrN2O/c1-3-17-10-12-4-9-15(18-11(12)2)19-14-7-5-13(16)6-8-14/h4-9,17H,3,10H2,1-2H3. The van der Waals surface area contributed by atoms with Crippen LogP contribution in [0, 0.1) is 6.92 Å². The molecule has 0 bridgehead atoms. The van der Waals surface area contributed by atoms with Crippen molar-refractivity contribution in [2.45, 2.75) is 20.4 Å². The molecule has 3 nitrogen and oxygen atoms in total. The molecule has 0 saturated heterocycles. The lowest BCUT2D eigenvalue weighted by atomic mass is 10.2. The van der Waals surface area contributed by atoms with Gasteiger partial charge in [0.15, 0.2) is 0 Å². The van der Waals surface area contributed by atoms with Gasteiger partial charge in [0.25, 0.3) is 0 Å². The Morgan fingerprint density at radius 2 is 1.89 bits per heavy atom. The zero-order valence-corrected chi connectivity index (χ0v) is 12.7. The maximum atomic E-state index is 5.72. The SMILES string of the molecule is CCNCc1ccc(Oc2ccc(Br)cc2)nc1C. The second-order valence-electron chi connectivity index (χ2n) is 4.23. The van der Waals surface area contributed by atoms with Crippen LogP contribution in [0.5, 0.6) is 11.6 Å². The molecular weight excluding hydrogens is 304 g/mol. The topological polar surface area (TPSA) is 34.1 Å². The third-order valence-corrected chi connectivity index (χ3v) is 3.30. The van der Waals surface area contributed by atoms with E-state index in [2.05, 4.69) is 39.2 Å². The van der Waals surface area contributed by atoms with Crippen LogP contribution in [0.3, 0.4) is 0 Å². The highest BCUT2D eigenvalue weighted by molar-refractivity contribution is 9.10. The molecule has 0 fully saturated rings. The van der Waals surface area contributed by atoms with Crippen LogP contribution in [-0.4, -0.2) is 11.5 Å². The van der Waals surface area contributed by atoms with Crippen molar-refractivity contribution in [3.63, 3.8) is 0 Å². The lowest BCUT2D eigenvalue weighted by molar-refractivity contribution is 0.461. The van der Waals surface area contributed by atoms with Gasteiger partial charge in [-0.3, -0.25) is 0 Å². The summed E-state index contributed by atoms with van der Waals surface area (Å²) in [6.07, 6.45) is 0. The summed E-state index contributed by atoms with van der Waals surface area (Å²) in [5.74, 6) is 1.41. The van der Waals surface area contributed by atoms with Gasteiger partial charge in [0, 0.05) is 22.8 Å². The van der Waals surface area contributed by atoms with Crippen molar-refractivity contribution in [3.8, 4) is 11.6 Å². The van der Waals surface area contributed by atoms with Crippen LogP contribution in [0.2, 0.25) is 0 Å². The molecule has 0 unspecified atom stereocenters. The second kappa shape index (κ2) is 6.68. The number of rotatable bonds is 5. The van der Waals surface area contributed by atoms with Crippen molar-refractivity contribution in [3.05, 3.63) is 52.1 Å². The van der Waals surface area contributed by atoms with Crippen molar-refractivity contribution in [2.24, 2.45) is 0 Å². The van der Waals surface area contributed by atoms with Crippen molar-refractivity contribution < 1.29 is 4.74 Å². The van der Waals surface area contributed by atoms with E-state index in [-0.39, 0.29) is 0 Å². The molecule has 1 heterocycles. The smallest absolute Gasteiger partial charge is 0.219 e. The highest BCUT2D eigenvalue weighted by Gasteiger charge is 2.03. The Balaban J connectivity index is 2.09. The molecule has 0 spiro atoms. The van der Waals surface area contributed by atoms with E-state index in [4.69, 9.17) is 4.74 Å². The van der Waals surface area contributed by atoms with Gasteiger partial charge in [-0.05, 0) is 43.3 Å². The maximum Gasteiger partial charge on any atom is 0.219 e. The Labute approximate surface area is 122 Å². The molecule has 0 aliphatic carbocycles. The maximum absolute atomic E-state index is 5.72. The van der Waals surface area contributed by atoms with Gasteiger partial charge in [0.2, 0.25) is 5.88 Å². The van der Waals surface area contributed by atoms with Crippen molar-refractivity contribution >= 4 is 15.9 Å². The third kappa shape index (κ3) is 4.04. The first-order valence-corrected chi connectivity index (χ1v) is 7.09. The Kier molecular flexibility index (Phi) is 4.93. The van der Waals surface area contributed by atoms with Gasteiger partial charge in [-0.25, -0.2) is 4.98 Å². The Hall–Kier alpha value is -1.39. The Morgan fingerprint density at radius 3 is 2.53 bits per heavy atom. The van der Waals surface area contributed by atoms with Crippen LogP contribution in [0.25, 0.3) is 0 Å². The van der Waals surface area contributed by atoms with Crippen LogP contribution in [-0.2, 0) is 6.54 Å². The Bertz CT molecular complexity index is 540. The monoisotopic (exact) mass is 320 g/mol. The molecule has 1 N–H and O–H groups in total. The molecular formula is C15H17BrN2O. The average molecular weight is 321 g/mol. The van der Waals surface area contributed by atoms with Crippen molar-refractivity contribution in [1.29, 1.82) is 0 Å². The van der Waals surface area contributed by atoms with Crippen LogP contribution >= 0.6 is 15.9 Å². The molecule has 0 amide bonds. The number of hydrogen-bond acceptors (Lipinski definition) is 3. The predicted molar refractivity (Wildman–Crippen MR) is 80.6 cm³/mol. The second-order valence-corrected chi connectivity index (χ2v) is 5.15. The molecule has 100 valence electrons. The minimum absolute atomic E-state index is 0.625. The molecule has 0 radical (unpaired) electrons. The zero-order chi connectivity index (χ0) is 13.7. The first-order valence-electron chi connectivity index (χ1n) is 6.29. The molecule has 0 aliphatic rings. The van der Waals surface area contributed by atoms with Crippen LogP contribution in [0.15, 0.2) is 40.9 Å². The quantitative estimate of drug-likeness (QED) is 0.902. The van der Waals surface area contributed by atoms with Crippen molar-refractivity contribution in [1.82, 2.24) is 10.3 Å². The fourth-order valence-corrected chi connectivity index (χ4v) is 1.96. The molecule has 0 atom stereocenters. The Morgan fingerprint density at radius 1 is 1.16 bits per heavy atom. The van der Waals surface area contributed by atoms with Crippen LogP contribution in [0.4, 0.5) is 0 Å². The molecule has 4 heteroatoms. The summed E-state index contributed by atoms with van der Waals surface area (Å²) in [4.78, 5) is 4.47. The number of aryl methyl sites for hydroxylation is 1. The minimum Gasteiger partial charge on any atom is -0.439 e. The summed E-state index contributed by atoms with van der Waals surface area (Å²) in [6.45, 7) is 5.89. The van der Waals surface area contributed by atoms with Gasteiger partial charge in [0.05, 0.1) is 0 Å². The molecule has 1 aromatic heterocycles. The molecule has 0 saturated carbocycles. The van der Waals surface area contributed by atoms with E-state index in [1.807, 2.05) is 37.3 Å². The minimum atomic E-state index is 0.625. The van der Waals surface area contributed by atoms with Gasteiger partial charge < -0.3 is 10.1 Å². The third-order valence-electron chi connectivity index (χ3n) is 2.77. The number of nitrogens with zero attached hydrogens (tertiary/aromatic N) is 1. The molecule has 0 aliphatic heterocycles. The predicted octanol–water partition coefficient (Wildman–Crippen LogP) is 4.05. The number of benzene rings is 1. The molecule has 19 heavy (non-hydrogen) atoms. The normalized spacial score (nSPS) is 10.5. The first kappa shape index (κ1) is 14.0. The fraction of sp³-hybridized carbons (Fsp3) is 0.267. The van der Waals surface area contributed by atoms with Crippen LogP contribution < -0.4 is 10.1 Å². The van der Waals surface area contributed by atoms with E-state index in [1.165, 1.54) is 5.56 Å². The highest BCUT2D eigenvalue weighted by atomic mass is 79.9. The van der Waals surface area contributed by atoms with Crippen LogP contribution in [0.1, 0.15) is 18.2 Å². The number of halogens is 1. The van der Waals surface area contributed by atoms with E-state index in [0.717, 1.165) is 29.0 Å². The highest BCUT2D eigenvalue weighted by Crippen LogP contribution is 2.22. The summed E-state index contributed by atoms with van der Waals surface area (Å²) in [5.41, 5.74) is 2.19. The summed E-state index contributed by atoms with van der Waals surface area (Å²) in [5, 5.41) is 3.29. The van der Waals surface area contributed by atoms with E-state index in [9.17, 15) is 0 Å². The van der Waals surface area contributed by atoms with Crippen molar-refractivity contribution in [2.75, 3.05) is 6.54 Å². The number of nitrogens with one attached hydrogen (secondary N) is 1. The van der Waals surface area contributed by atoms with E-state index in [0.29, 0.717) is 5.88 Å². The van der Waals surface area contributed by atoms with E-state index < -0.39 is 0 Å². The van der Waals surface area contributed by atoms with Gasteiger partial charge in [-0.2, -0.15) is 0 Å². The van der Waals surface area contributed by atoms with Gasteiger partial charge in [-0.15, -0.1) is 0 Å². The number of hydrogen-bond donors (Lipinski definition) is 1. The summed E-state index contributed by atoms with van der Waals surface area (Å²) in [7, 11) is 0. The first-order chi connectivity index (χ1) is 9.19. The number of pyridine rings is 1. The lowest BCUT2D eigenvalue weighted by Crippen LogP contribution is -2.13. The summed E-state index contributed by atoms with van der Waals surface area (Å²) in [6, 6.07) is 11.7. The summed E-state index contributed by atoms with van der Waals surface area (Å²) < 4.78 is 6.75. The zero-order valence-electron chi connectivity index (χ0n) is 11.1. The average Bonchev–Trinajstić information content (AvgIpc) is 2.41. The molecule has 2 aromatic rings. The largest absolute Gasteiger partial charge is 0.439 e. The van der Waals surface area contributed by atoms with Gasteiger partial charge >= 0.3 is 0 Å². The number of ether oxygens (including phenoxy) is 1. The van der Waals surface area contributed by atoms with E-state index in [1.54, 1.807) is 0 Å². The summed E-state index contributed by atoms with van der Waals surface area (Å²) >= 11 is 3.40. The lowest BCUT2D eigenvalue weighted by Gasteiger charge is -2.09.